The van der Waals surface area contributed by atoms with E-state index in [0.717, 1.165) is 6.42 Å². The van der Waals surface area contributed by atoms with Crippen LogP contribution in [0.25, 0.3) is 0 Å². The second-order valence-electron chi connectivity index (χ2n) is 11.5. The van der Waals surface area contributed by atoms with Gasteiger partial charge in [0.15, 0.2) is 5.78 Å². The first kappa shape index (κ1) is 23.6. The molecule has 180 valence electrons. The van der Waals surface area contributed by atoms with Gasteiger partial charge in [0.25, 0.3) is 0 Å². The summed E-state index contributed by atoms with van der Waals surface area (Å²) < 4.78 is 11.5. The van der Waals surface area contributed by atoms with Crippen molar-refractivity contribution in [1.29, 1.82) is 0 Å². The van der Waals surface area contributed by atoms with Gasteiger partial charge < -0.3 is 24.8 Å². The fraction of sp³-hybridized carbons (Fsp3) is 0.875. The highest BCUT2D eigenvalue weighted by molar-refractivity contribution is 5.94. The van der Waals surface area contributed by atoms with Crippen molar-refractivity contribution in [2.24, 2.45) is 34.0 Å². The highest BCUT2D eigenvalue weighted by Crippen LogP contribution is 2.72. The van der Waals surface area contributed by atoms with Gasteiger partial charge in [-0.2, -0.15) is 0 Å². The summed E-state index contributed by atoms with van der Waals surface area (Å²) in [6, 6.07) is 0. The number of aliphatic hydroxyl groups is 3. The van der Waals surface area contributed by atoms with Crippen LogP contribution in [0.5, 0.6) is 0 Å². The zero-order valence-electron chi connectivity index (χ0n) is 19.8. The van der Waals surface area contributed by atoms with Gasteiger partial charge >= 0.3 is 11.9 Å². The average Bonchev–Trinajstić information content (AvgIpc) is 2.75. The summed E-state index contributed by atoms with van der Waals surface area (Å²) in [7, 11) is 0. The summed E-state index contributed by atoms with van der Waals surface area (Å²) in [6.07, 6.45) is -2.81. The van der Waals surface area contributed by atoms with Gasteiger partial charge in [0.05, 0.1) is 17.6 Å². The lowest BCUT2D eigenvalue weighted by Gasteiger charge is -2.68. The van der Waals surface area contributed by atoms with Gasteiger partial charge in [0.1, 0.15) is 17.8 Å². The summed E-state index contributed by atoms with van der Waals surface area (Å²) in [4.78, 5) is 37.9. The second kappa shape index (κ2) is 7.00. The van der Waals surface area contributed by atoms with Gasteiger partial charge in [-0.1, -0.05) is 27.7 Å². The molecule has 8 heteroatoms. The van der Waals surface area contributed by atoms with Crippen molar-refractivity contribution in [1.82, 2.24) is 0 Å². The van der Waals surface area contributed by atoms with Crippen molar-refractivity contribution in [3.63, 3.8) is 0 Å². The van der Waals surface area contributed by atoms with E-state index in [1.165, 1.54) is 13.8 Å². The van der Waals surface area contributed by atoms with Crippen molar-refractivity contribution in [2.75, 3.05) is 0 Å². The minimum atomic E-state index is -1.81. The Kier molecular flexibility index (Phi) is 5.17. The van der Waals surface area contributed by atoms with Crippen LogP contribution < -0.4 is 0 Å². The Balaban J connectivity index is 1.99. The highest BCUT2D eigenvalue weighted by Gasteiger charge is 2.82. The number of ketones is 1. The molecule has 0 aromatic carbocycles. The molecule has 10 atom stereocenters. The molecule has 0 heterocycles. The number of rotatable bonds is 2. The van der Waals surface area contributed by atoms with E-state index >= 15 is 0 Å². The lowest BCUT2D eigenvalue weighted by molar-refractivity contribution is -0.296. The third-order valence-electron chi connectivity index (χ3n) is 9.66. The van der Waals surface area contributed by atoms with Crippen LogP contribution in [-0.2, 0) is 23.9 Å². The zero-order chi connectivity index (χ0) is 24.0. The molecule has 4 aliphatic carbocycles. The fourth-order valence-electron chi connectivity index (χ4n) is 8.39. The first-order valence-electron chi connectivity index (χ1n) is 11.6. The van der Waals surface area contributed by atoms with Gasteiger partial charge in [-0.3, -0.25) is 14.4 Å². The monoisotopic (exact) mass is 452 g/mol. The molecule has 4 fully saturated rings. The Bertz CT molecular complexity index is 853. The van der Waals surface area contributed by atoms with Gasteiger partial charge in [0, 0.05) is 37.5 Å². The van der Waals surface area contributed by atoms with E-state index in [9.17, 15) is 29.7 Å². The van der Waals surface area contributed by atoms with Crippen LogP contribution in [0.1, 0.15) is 67.2 Å². The van der Waals surface area contributed by atoms with E-state index in [1.54, 1.807) is 6.92 Å². The van der Waals surface area contributed by atoms with E-state index in [-0.39, 0.29) is 24.2 Å². The molecule has 3 N–H and O–H groups in total. The van der Waals surface area contributed by atoms with E-state index < -0.39 is 70.4 Å². The average molecular weight is 453 g/mol. The van der Waals surface area contributed by atoms with Crippen LogP contribution in [0.2, 0.25) is 0 Å². The van der Waals surface area contributed by atoms with Gasteiger partial charge in [-0.25, -0.2) is 0 Å². The Hall–Kier alpha value is -1.51. The minimum absolute atomic E-state index is 0.116. The molecule has 0 unspecified atom stereocenters. The van der Waals surface area contributed by atoms with Crippen LogP contribution >= 0.6 is 0 Å². The topological polar surface area (TPSA) is 130 Å². The molecule has 2 bridgehead atoms. The molecular formula is C24H36O8. The molecule has 0 aliphatic heterocycles. The minimum Gasteiger partial charge on any atom is -0.462 e. The Morgan fingerprint density at radius 1 is 1.06 bits per heavy atom. The lowest BCUT2D eigenvalue weighted by atomic mass is 9.38. The van der Waals surface area contributed by atoms with Crippen LogP contribution in [0, 0.1) is 34.0 Å². The summed E-state index contributed by atoms with van der Waals surface area (Å²) in [5.41, 5.74) is -4.63. The molecule has 4 rings (SSSR count). The Morgan fingerprint density at radius 3 is 2.22 bits per heavy atom. The maximum atomic E-state index is 13.8. The number of fused-ring (bicyclic) bond motifs is 3. The summed E-state index contributed by atoms with van der Waals surface area (Å²) in [5, 5.41) is 34.4. The van der Waals surface area contributed by atoms with Crippen LogP contribution in [0.15, 0.2) is 0 Å². The molecule has 0 aromatic heterocycles. The molecule has 32 heavy (non-hydrogen) atoms. The molecular weight excluding hydrogens is 416 g/mol. The van der Waals surface area contributed by atoms with Gasteiger partial charge in [-0.05, 0) is 30.6 Å². The number of aliphatic hydroxyl groups excluding tert-OH is 2. The third kappa shape index (κ3) is 2.69. The molecule has 8 nitrogen and oxygen atoms in total. The van der Waals surface area contributed by atoms with Crippen LogP contribution in [-0.4, -0.2) is 63.1 Å². The van der Waals surface area contributed by atoms with Gasteiger partial charge in [-0.15, -0.1) is 0 Å². The van der Waals surface area contributed by atoms with E-state index in [2.05, 4.69) is 13.8 Å². The van der Waals surface area contributed by atoms with Crippen LogP contribution in [0.4, 0.5) is 0 Å². The van der Waals surface area contributed by atoms with E-state index in [1.807, 2.05) is 6.92 Å². The molecule has 4 saturated carbocycles. The second-order valence-corrected chi connectivity index (χ2v) is 11.5. The predicted octanol–water partition coefficient (Wildman–Crippen LogP) is 1.37. The van der Waals surface area contributed by atoms with Crippen molar-refractivity contribution < 1.29 is 39.2 Å². The number of ether oxygens (including phenoxy) is 2. The van der Waals surface area contributed by atoms with Crippen molar-refractivity contribution in [3.05, 3.63) is 0 Å². The SMILES string of the molecule is CC(=O)O[C@@H]1C[C@@]2(O)[C@@H](C)C(=O)[C@@]3([C@H](O)C[C@@H]4C(C)(C)CC[C@@H](OC(C)=O)[C@@]4(C)[C@@H]13)[C@H]2O. The number of carbonyl (C=O) groups is 3. The normalized spacial score (nSPS) is 51.4. The first-order chi connectivity index (χ1) is 14.6. The third-order valence-corrected chi connectivity index (χ3v) is 9.66. The van der Waals surface area contributed by atoms with Crippen LogP contribution in [0.3, 0.4) is 0 Å². The van der Waals surface area contributed by atoms with Crippen molar-refractivity contribution in [3.8, 4) is 0 Å². The molecule has 4 aliphatic rings. The number of carbonyl (C=O) groups excluding carboxylic acids is 3. The zero-order valence-corrected chi connectivity index (χ0v) is 19.8. The molecule has 0 saturated heterocycles. The maximum absolute atomic E-state index is 13.8. The van der Waals surface area contributed by atoms with E-state index in [4.69, 9.17) is 9.47 Å². The number of hydrogen-bond acceptors (Lipinski definition) is 8. The number of esters is 2. The standard InChI is InChI=1S/C24H36O8/c1-11-19(28)24-16(27)9-15-21(4,5)8-7-17(32-13(3)26)22(15,6)18(24)14(31-12(2)25)10-23(11,30)20(24)29/h11,14-18,20,27,29-30H,7-10H2,1-6H3/t11-,14+,15+,16+,17+,18+,20-,22-,23+,24-/m0/s1. The highest BCUT2D eigenvalue weighted by atomic mass is 16.6. The predicted molar refractivity (Wildman–Crippen MR) is 112 cm³/mol. The Morgan fingerprint density at radius 2 is 1.66 bits per heavy atom. The van der Waals surface area contributed by atoms with Gasteiger partial charge in [0.2, 0.25) is 0 Å². The summed E-state index contributed by atoms with van der Waals surface area (Å²) >= 11 is 0. The number of hydrogen-bond donors (Lipinski definition) is 3. The first-order valence-corrected chi connectivity index (χ1v) is 11.6. The quantitative estimate of drug-likeness (QED) is 0.536. The van der Waals surface area contributed by atoms with Crippen molar-refractivity contribution >= 4 is 17.7 Å². The fourth-order valence-corrected chi connectivity index (χ4v) is 8.39. The Labute approximate surface area is 188 Å². The molecule has 0 aromatic rings. The molecule has 0 radical (unpaired) electrons. The summed E-state index contributed by atoms with van der Waals surface area (Å²) in [6.45, 7) is 10.3. The molecule has 1 spiro atoms. The van der Waals surface area contributed by atoms with E-state index in [0.29, 0.717) is 6.42 Å². The maximum Gasteiger partial charge on any atom is 0.302 e. The number of Topliss-reactive ketones (excluding diaryl/α,β-unsaturated/α-hetero) is 1. The summed E-state index contributed by atoms with van der Waals surface area (Å²) in [5.74, 6) is -3.34. The smallest absolute Gasteiger partial charge is 0.302 e. The largest absolute Gasteiger partial charge is 0.462 e. The van der Waals surface area contributed by atoms with Crippen molar-refractivity contribution in [2.45, 2.75) is 97.2 Å². The molecule has 0 amide bonds. The lowest BCUT2D eigenvalue weighted by Crippen LogP contribution is -2.75.